The van der Waals surface area contributed by atoms with Gasteiger partial charge in [0.2, 0.25) is 0 Å². The summed E-state index contributed by atoms with van der Waals surface area (Å²) >= 11 is 0. The lowest BCUT2D eigenvalue weighted by Crippen LogP contribution is -2.29. The minimum Gasteiger partial charge on any atom is -0.465 e. The fourth-order valence-corrected chi connectivity index (χ4v) is 1.40. The SMILES string of the molecule is CCCCOC(=O)CN(C)CC1CC1. The Hall–Kier alpha value is -0.570. The van der Waals surface area contributed by atoms with Crippen molar-refractivity contribution in [2.24, 2.45) is 5.92 Å². The van der Waals surface area contributed by atoms with Crippen molar-refractivity contribution in [1.82, 2.24) is 4.90 Å². The van der Waals surface area contributed by atoms with Crippen LogP contribution < -0.4 is 0 Å². The van der Waals surface area contributed by atoms with E-state index in [9.17, 15) is 4.79 Å². The molecule has 1 aliphatic carbocycles. The maximum Gasteiger partial charge on any atom is 0.320 e. The molecule has 0 atom stereocenters. The number of likely N-dealkylation sites (N-methyl/N-ethyl adjacent to an activating group) is 1. The van der Waals surface area contributed by atoms with Crippen LogP contribution in [0.2, 0.25) is 0 Å². The van der Waals surface area contributed by atoms with Crippen LogP contribution in [0.25, 0.3) is 0 Å². The maximum atomic E-state index is 11.3. The molecule has 0 aliphatic heterocycles. The number of hydrogen-bond donors (Lipinski definition) is 0. The first-order valence-electron chi connectivity index (χ1n) is 5.56. The quantitative estimate of drug-likeness (QED) is 0.461. The second kappa shape index (κ2) is 6.02. The van der Waals surface area contributed by atoms with Crippen LogP contribution >= 0.6 is 0 Å². The zero-order valence-corrected chi connectivity index (χ0v) is 9.29. The van der Waals surface area contributed by atoms with Gasteiger partial charge in [-0.15, -0.1) is 0 Å². The van der Waals surface area contributed by atoms with Crippen LogP contribution in [-0.4, -0.2) is 37.6 Å². The molecule has 0 aromatic carbocycles. The molecule has 3 heteroatoms. The molecule has 0 saturated heterocycles. The summed E-state index contributed by atoms with van der Waals surface area (Å²) in [5, 5.41) is 0. The molecule has 0 amide bonds. The molecule has 0 unspecified atom stereocenters. The number of hydrogen-bond acceptors (Lipinski definition) is 3. The summed E-state index contributed by atoms with van der Waals surface area (Å²) in [5.74, 6) is 0.755. The number of nitrogens with zero attached hydrogens (tertiary/aromatic N) is 1. The number of carbonyl (C=O) groups excluding carboxylic acids is 1. The fraction of sp³-hybridized carbons (Fsp3) is 0.909. The summed E-state index contributed by atoms with van der Waals surface area (Å²) in [7, 11) is 1.99. The first kappa shape index (κ1) is 11.5. The summed E-state index contributed by atoms with van der Waals surface area (Å²) in [5.41, 5.74) is 0. The molecule has 3 nitrogen and oxygen atoms in total. The number of rotatable bonds is 7. The van der Waals surface area contributed by atoms with Crippen molar-refractivity contribution < 1.29 is 9.53 Å². The number of esters is 1. The predicted octanol–water partition coefficient (Wildman–Crippen LogP) is 1.67. The third kappa shape index (κ3) is 5.22. The highest BCUT2D eigenvalue weighted by Gasteiger charge is 2.23. The molecule has 82 valence electrons. The Balaban J connectivity index is 1.99. The van der Waals surface area contributed by atoms with Gasteiger partial charge in [-0.3, -0.25) is 9.69 Å². The third-order valence-electron chi connectivity index (χ3n) is 2.43. The lowest BCUT2D eigenvalue weighted by atomic mass is 10.3. The zero-order valence-electron chi connectivity index (χ0n) is 9.29. The Bertz CT molecular complexity index is 178. The lowest BCUT2D eigenvalue weighted by Gasteiger charge is -2.14. The summed E-state index contributed by atoms with van der Waals surface area (Å²) in [4.78, 5) is 13.3. The van der Waals surface area contributed by atoms with E-state index in [2.05, 4.69) is 11.8 Å². The fourth-order valence-electron chi connectivity index (χ4n) is 1.40. The van der Waals surface area contributed by atoms with E-state index in [4.69, 9.17) is 4.74 Å². The number of carbonyl (C=O) groups is 1. The second-order valence-corrected chi connectivity index (χ2v) is 4.21. The van der Waals surface area contributed by atoms with Crippen molar-refractivity contribution in [3.8, 4) is 0 Å². The van der Waals surface area contributed by atoms with Gasteiger partial charge in [0, 0.05) is 6.54 Å². The average Bonchev–Trinajstić information content (AvgIpc) is 2.88. The van der Waals surface area contributed by atoms with E-state index in [1.165, 1.54) is 12.8 Å². The first-order chi connectivity index (χ1) is 6.72. The smallest absolute Gasteiger partial charge is 0.320 e. The maximum absolute atomic E-state index is 11.3. The number of unbranched alkanes of at least 4 members (excludes halogenated alkanes) is 1. The van der Waals surface area contributed by atoms with E-state index in [0.717, 1.165) is 25.3 Å². The minimum absolute atomic E-state index is 0.0819. The summed E-state index contributed by atoms with van der Waals surface area (Å²) in [6.07, 6.45) is 4.70. The van der Waals surface area contributed by atoms with E-state index in [0.29, 0.717) is 13.2 Å². The van der Waals surface area contributed by atoms with Gasteiger partial charge in [-0.1, -0.05) is 13.3 Å². The Morgan fingerprint density at radius 1 is 1.50 bits per heavy atom. The standard InChI is InChI=1S/C11H21NO2/c1-3-4-7-14-11(13)9-12(2)8-10-5-6-10/h10H,3-9H2,1-2H3. The average molecular weight is 199 g/mol. The normalized spacial score (nSPS) is 15.9. The second-order valence-electron chi connectivity index (χ2n) is 4.21. The van der Waals surface area contributed by atoms with E-state index >= 15 is 0 Å². The highest BCUT2D eigenvalue weighted by Crippen LogP contribution is 2.29. The van der Waals surface area contributed by atoms with Crippen LogP contribution in [-0.2, 0) is 9.53 Å². The van der Waals surface area contributed by atoms with E-state index < -0.39 is 0 Å². The van der Waals surface area contributed by atoms with Gasteiger partial charge in [-0.2, -0.15) is 0 Å². The van der Waals surface area contributed by atoms with Crippen molar-refractivity contribution in [2.75, 3.05) is 26.7 Å². The van der Waals surface area contributed by atoms with Crippen LogP contribution in [0.15, 0.2) is 0 Å². The molecule has 1 aliphatic rings. The van der Waals surface area contributed by atoms with Crippen molar-refractivity contribution in [3.63, 3.8) is 0 Å². The zero-order chi connectivity index (χ0) is 10.4. The Morgan fingerprint density at radius 3 is 2.79 bits per heavy atom. The molecule has 0 bridgehead atoms. The Morgan fingerprint density at radius 2 is 2.21 bits per heavy atom. The summed E-state index contributed by atoms with van der Waals surface area (Å²) in [6.45, 7) is 4.16. The molecule has 14 heavy (non-hydrogen) atoms. The lowest BCUT2D eigenvalue weighted by molar-refractivity contribution is -0.144. The molecule has 0 heterocycles. The Kier molecular flexibility index (Phi) is 4.94. The molecule has 0 aromatic rings. The van der Waals surface area contributed by atoms with Gasteiger partial charge in [0.05, 0.1) is 13.2 Å². The molecule has 0 aromatic heterocycles. The molecular formula is C11H21NO2. The van der Waals surface area contributed by atoms with Crippen molar-refractivity contribution >= 4 is 5.97 Å². The molecule has 1 rings (SSSR count). The molecular weight excluding hydrogens is 178 g/mol. The number of ether oxygens (including phenoxy) is 1. The first-order valence-corrected chi connectivity index (χ1v) is 5.56. The van der Waals surface area contributed by atoms with E-state index in [-0.39, 0.29) is 5.97 Å². The third-order valence-corrected chi connectivity index (χ3v) is 2.43. The van der Waals surface area contributed by atoms with Crippen LogP contribution in [0, 0.1) is 5.92 Å². The molecule has 1 saturated carbocycles. The van der Waals surface area contributed by atoms with Crippen LogP contribution in [0.3, 0.4) is 0 Å². The highest BCUT2D eigenvalue weighted by atomic mass is 16.5. The van der Waals surface area contributed by atoms with Gasteiger partial charge in [0.15, 0.2) is 0 Å². The van der Waals surface area contributed by atoms with E-state index in [1.54, 1.807) is 0 Å². The molecule has 0 spiro atoms. The molecule has 1 fully saturated rings. The van der Waals surface area contributed by atoms with Gasteiger partial charge in [0.1, 0.15) is 0 Å². The van der Waals surface area contributed by atoms with Gasteiger partial charge in [0.25, 0.3) is 0 Å². The van der Waals surface area contributed by atoms with Crippen molar-refractivity contribution in [2.45, 2.75) is 32.6 Å². The van der Waals surface area contributed by atoms with Crippen molar-refractivity contribution in [3.05, 3.63) is 0 Å². The van der Waals surface area contributed by atoms with Gasteiger partial charge in [-0.05, 0) is 32.2 Å². The minimum atomic E-state index is -0.0819. The van der Waals surface area contributed by atoms with Gasteiger partial charge < -0.3 is 4.74 Å². The molecule has 0 N–H and O–H groups in total. The van der Waals surface area contributed by atoms with Crippen LogP contribution in [0.1, 0.15) is 32.6 Å². The summed E-state index contributed by atoms with van der Waals surface area (Å²) < 4.78 is 5.07. The predicted molar refractivity (Wildman–Crippen MR) is 56.1 cm³/mol. The van der Waals surface area contributed by atoms with Gasteiger partial charge >= 0.3 is 5.97 Å². The monoisotopic (exact) mass is 199 g/mol. The topological polar surface area (TPSA) is 29.5 Å². The van der Waals surface area contributed by atoms with Crippen LogP contribution in [0.5, 0.6) is 0 Å². The Labute approximate surface area is 86.4 Å². The largest absolute Gasteiger partial charge is 0.465 e. The molecule has 0 radical (unpaired) electrons. The van der Waals surface area contributed by atoms with Crippen LogP contribution in [0.4, 0.5) is 0 Å². The summed E-state index contributed by atoms with van der Waals surface area (Å²) in [6, 6.07) is 0. The van der Waals surface area contributed by atoms with Gasteiger partial charge in [-0.25, -0.2) is 0 Å². The van der Waals surface area contributed by atoms with E-state index in [1.807, 2.05) is 7.05 Å². The highest BCUT2D eigenvalue weighted by molar-refractivity contribution is 5.71. The van der Waals surface area contributed by atoms with Crippen molar-refractivity contribution in [1.29, 1.82) is 0 Å².